The van der Waals surface area contributed by atoms with Gasteiger partial charge in [-0.1, -0.05) is 0 Å². The summed E-state index contributed by atoms with van der Waals surface area (Å²) in [6.45, 7) is 1.82. The van der Waals surface area contributed by atoms with Crippen LogP contribution in [0.5, 0.6) is 0 Å². The van der Waals surface area contributed by atoms with Crippen molar-refractivity contribution in [3.63, 3.8) is 0 Å². The molecule has 0 aromatic carbocycles. The Labute approximate surface area is 121 Å². The number of hydrogen-bond acceptors (Lipinski definition) is 5. The van der Waals surface area contributed by atoms with Gasteiger partial charge in [0.15, 0.2) is 9.84 Å². The summed E-state index contributed by atoms with van der Waals surface area (Å²) in [5.74, 6) is -0.677. The highest BCUT2D eigenvalue weighted by molar-refractivity contribution is 7.91. The second-order valence-corrected chi connectivity index (χ2v) is 8.05. The zero-order chi connectivity index (χ0) is 14.8. The van der Waals surface area contributed by atoms with E-state index in [0.717, 1.165) is 5.56 Å². The molecule has 1 atom stereocenters. The predicted molar refractivity (Wildman–Crippen MR) is 76.0 cm³/mol. The molecule has 1 aromatic rings. The summed E-state index contributed by atoms with van der Waals surface area (Å²) in [5, 5.41) is 1.80. The molecule has 8 heteroatoms. The number of sulfone groups is 1. The first-order valence-corrected chi connectivity index (χ1v) is 8.91. The summed E-state index contributed by atoms with van der Waals surface area (Å²) < 4.78 is 22.6. The maximum Gasteiger partial charge on any atom is 0.280 e. The van der Waals surface area contributed by atoms with E-state index in [4.69, 9.17) is 0 Å². The van der Waals surface area contributed by atoms with Crippen LogP contribution in [-0.4, -0.2) is 31.7 Å². The van der Waals surface area contributed by atoms with Crippen molar-refractivity contribution in [1.29, 1.82) is 0 Å². The van der Waals surface area contributed by atoms with Crippen LogP contribution in [0, 0.1) is 12.8 Å². The fraction of sp³-hybridized carbons (Fsp3) is 0.500. The average Bonchev–Trinajstić information content (AvgIpc) is 2.92. The third kappa shape index (κ3) is 3.80. The molecule has 1 fully saturated rings. The van der Waals surface area contributed by atoms with Crippen molar-refractivity contribution in [2.75, 3.05) is 11.5 Å². The smallest absolute Gasteiger partial charge is 0.273 e. The van der Waals surface area contributed by atoms with Crippen molar-refractivity contribution in [2.45, 2.75) is 19.8 Å². The van der Waals surface area contributed by atoms with Gasteiger partial charge >= 0.3 is 0 Å². The zero-order valence-corrected chi connectivity index (χ0v) is 12.6. The molecule has 1 aliphatic rings. The molecular formula is C12H16N2O4S2. The first kappa shape index (κ1) is 15.0. The van der Waals surface area contributed by atoms with Crippen LogP contribution in [0.4, 0.5) is 0 Å². The summed E-state index contributed by atoms with van der Waals surface area (Å²) in [6, 6.07) is 1.82. The molecular weight excluding hydrogens is 300 g/mol. The standard InChI is InChI=1S/C12H16N2O4S2/c1-8-2-4-19-11(8)12(16)14-13-10(15)6-9-3-5-20(17,18)7-9/h2,4,9H,3,5-7H2,1H3,(H,13,15)(H,14,16). The number of nitrogens with one attached hydrogen (secondary N) is 2. The van der Waals surface area contributed by atoms with Gasteiger partial charge in [-0.15, -0.1) is 11.3 Å². The molecule has 110 valence electrons. The van der Waals surface area contributed by atoms with Crippen molar-refractivity contribution in [2.24, 2.45) is 5.92 Å². The van der Waals surface area contributed by atoms with Crippen LogP contribution >= 0.6 is 11.3 Å². The summed E-state index contributed by atoms with van der Waals surface area (Å²) in [4.78, 5) is 24.0. The van der Waals surface area contributed by atoms with E-state index >= 15 is 0 Å². The lowest BCUT2D eigenvalue weighted by Gasteiger charge is -2.09. The van der Waals surface area contributed by atoms with Crippen LogP contribution in [0.3, 0.4) is 0 Å². The van der Waals surface area contributed by atoms with Gasteiger partial charge < -0.3 is 0 Å². The molecule has 20 heavy (non-hydrogen) atoms. The molecule has 2 heterocycles. The lowest BCUT2D eigenvalue weighted by atomic mass is 10.1. The molecule has 1 unspecified atom stereocenters. The Bertz CT molecular complexity index is 621. The van der Waals surface area contributed by atoms with Crippen LogP contribution < -0.4 is 10.9 Å². The van der Waals surface area contributed by atoms with Crippen molar-refractivity contribution in [3.05, 3.63) is 21.9 Å². The maximum atomic E-state index is 11.8. The normalized spacial score (nSPS) is 20.6. The van der Waals surface area contributed by atoms with Gasteiger partial charge in [-0.25, -0.2) is 8.42 Å². The Morgan fingerprint density at radius 2 is 2.15 bits per heavy atom. The topological polar surface area (TPSA) is 92.3 Å². The molecule has 2 amide bonds. The molecule has 2 N–H and O–H groups in total. The third-order valence-corrected chi connectivity index (χ3v) is 6.04. The first-order valence-electron chi connectivity index (χ1n) is 6.21. The van der Waals surface area contributed by atoms with Crippen molar-refractivity contribution in [3.8, 4) is 0 Å². The maximum absolute atomic E-state index is 11.8. The van der Waals surface area contributed by atoms with E-state index in [0.29, 0.717) is 11.3 Å². The molecule has 1 aliphatic heterocycles. The van der Waals surface area contributed by atoms with Gasteiger partial charge in [-0.2, -0.15) is 0 Å². The van der Waals surface area contributed by atoms with E-state index in [-0.39, 0.29) is 35.7 Å². The largest absolute Gasteiger partial charge is 0.280 e. The van der Waals surface area contributed by atoms with E-state index in [9.17, 15) is 18.0 Å². The van der Waals surface area contributed by atoms with Gasteiger partial charge in [-0.05, 0) is 36.3 Å². The number of rotatable bonds is 3. The summed E-state index contributed by atoms with van der Waals surface area (Å²) >= 11 is 1.30. The van der Waals surface area contributed by atoms with Gasteiger partial charge in [-0.3, -0.25) is 20.4 Å². The van der Waals surface area contributed by atoms with Crippen LogP contribution in [0.2, 0.25) is 0 Å². The monoisotopic (exact) mass is 316 g/mol. The predicted octanol–water partition coefficient (Wildman–Crippen LogP) is 0.642. The van der Waals surface area contributed by atoms with E-state index in [1.54, 1.807) is 5.38 Å². The molecule has 1 saturated heterocycles. The highest BCUT2D eigenvalue weighted by atomic mass is 32.2. The molecule has 0 bridgehead atoms. The third-order valence-electron chi connectivity index (χ3n) is 3.18. The van der Waals surface area contributed by atoms with E-state index in [1.165, 1.54) is 11.3 Å². The summed E-state index contributed by atoms with van der Waals surface area (Å²) in [7, 11) is -2.98. The van der Waals surface area contributed by atoms with Crippen LogP contribution in [0.25, 0.3) is 0 Å². The van der Waals surface area contributed by atoms with Gasteiger partial charge in [0.2, 0.25) is 5.91 Å². The summed E-state index contributed by atoms with van der Waals surface area (Å²) in [6.07, 6.45) is 0.622. The van der Waals surface area contributed by atoms with Crippen LogP contribution in [-0.2, 0) is 14.6 Å². The zero-order valence-electron chi connectivity index (χ0n) is 11.0. The molecule has 0 radical (unpaired) electrons. The van der Waals surface area contributed by atoms with Gasteiger partial charge in [0, 0.05) is 6.42 Å². The van der Waals surface area contributed by atoms with Crippen LogP contribution in [0.15, 0.2) is 11.4 Å². The Kier molecular flexibility index (Phi) is 4.44. The van der Waals surface area contributed by atoms with Gasteiger partial charge in [0.25, 0.3) is 5.91 Å². The molecule has 1 aromatic heterocycles. The fourth-order valence-corrected chi connectivity index (χ4v) is 4.82. The second kappa shape index (κ2) is 5.92. The number of aryl methyl sites for hydroxylation is 1. The number of thiophene rings is 1. The SMILES string of the molecule is Cc1ccsc1C(=O)NNC(=O)CC1CCS(=O)(=O)C1. The molecule has 0 saturated carbocycles. The Morgan fingerprint density at radius 3 is 2.70 bits per heavy atom. The minimum Gasteiger partial charge on any atom is -0.273 e. The number of hydrazine groups is 1. The molecule has 2 rings (SSSR count). The first-order chi connectivity index (χ1) is 9.37. The Hall–Kier alpha value is -1.41. The summed E-state index contributed by atoms with van der Waals surface area (Å²) in [5.41, 5.74) is 5.52. The Balaban J connectivity index is 1.79. The second-order valence-electron chi connectivity index (χ2n) is 4.91. The van der Waals surface area contributed by atoms with Gasteiger partial charge in [0.1, 0.15) is 0 Å². The molecule has 0 spiro atoms. The number of carbonyl (C=O) groups is 2. The van der Waals surface area contributed by atoms with Crippen molar-refractivity contribution in [1.82, 2.24) is 10.9 Å². The number of carbonyl (C=O) groups excluding carboxylic acids is 2. The highest BCUT2D eigenvalue weighted by Gasteiger charge is 2.29. The lowest BCUT2D eigenvalue weighted by Crippen LogP contribution is -2.42. The quantitative estimate of drug-likeness (QED) is 0.801. The fourth-order valence-electron chi connectivity index (χ4n) is 2.13. The van der Waals surface area contributed by atoms with Gasteiger partial charge in [0.05, 0.1) is 16.4 Å². The minimum absolute atomic E-state index is 0.0540. The van der Waals surface area contributed by atoms with Crippen molar-refractivity contribution >= 4 is 33.0 Å². The molecule has 6 nitrogen and oxygen atoms in total. The van der Waals surface area contributed by atoms with E-state index in [1.807, 2.05) is 13.0 Å². The highest BCUT2D eigenvalue weighted by Crippen LogP contribution is 2.21. The van der Waals surface area contributed by atoms with Crippen LogP contribution in [0.1, 0.15) is 28.1 Å². The lowest BCUT2D eigenvalue weighted by molar-refractivity contribution is -0.122. The average molecular weight is 316 g/mol. The van der Waals surface area contributed by atoms with Crippen molar-refractivity contribution < 1.29 is 18.0 Å². The number of amides is 2. The van der Waals surface area contributed by atoms with E-state index < -0.39 is 9.84 Å². The van der Waals surface area contributed by atoms with E-state index in [2.05, 4.69) is 10.9 Å². The number of hydrogen-bond donors (Lipinski definition) is 2. The Morgan fingerprint density at radius 1 is 1.40 bits per heavy atom. The minimum atomic E-state index is -2.98. The molecule has 0 aliphatic carbocycles.